The lowest BCUT2D eigenvalue weighted by atomic mass is 9.97. The summed E-state index contributed by atoms with van der Waals surface area (Å²) in [4.78, 5) is 7.64. The number of rotatable bonds is 2. The van der Waals surface area contributed by atoms with E-state index < -0.39 is 0 Å². The molecule has 31 heavy (non-hydrogen) atoms. The van der Waals surface area contributed by atoms with Crippen LogP contribution in [-0.2, 0) is 20.0 Å². The summed E-state index contributed by atoms with van der Waals surface area (Å²) in [5, 5.41) is 4.92. The molecule has 0 fully saturated rings. The Labute approximate surface area is 186 Å². The summed E-state index contributed by atoms with van der Waals surface area (Å²) in [6.07, 6.45) is 4.48. The SMILES string of the molecule is Cc1cc(-c2ccsc2-c2ccc3ccn(C)c3c2)c2[nH]c3c(c2c1)CN(C)CCC3. The van der Waals surface area contributed by atoms with Gasteiger partial charge in [0.2, 0.25) is 0 Å². The standard InChI is InChI=1S/C27H27N3S/c1-17-13-21(26-22(14-17)23-16-29(2)10-4-5-24(23)28-26)20-9-12-31-27(20)19-7-6-18-8-11-30(3)25(18)15-19/h6-9,11-15,28H,4-5,10,16H2,1-3H3. The van der Waals surface area contributed by atoms with Crippen molar-refractivity contribution in [2.45, 2.75) is 26.3 Å². The van der Waals surface area contributed by atoms with Crippen LogP contribution in [0.1, 0.15) is 23.2 Å². The Morgan fingerprint density at radius 1 is 1.00 bits per heavy atom. The van der Waals surface area contributed by atoms with Crippen molar-refractivity contribution in [2.75, 3.05) is 13.6 Å². The second-order valence-corrected chi connectivity index (χ2v) is 9.94. The fourth-order valence-corrected chi connectivity index (χ4v) is 6.09. The van der Waals surface area contributed by atoms with Crippen LogP contribution in [0.25, 0.3) is 43.4 Å². The average molecular weight is 426 g/mol. The topological polar surface area (TPSA) is 24.0 Å². The van der Waals surface area contributed by atoms with Crippen LogP contribution in [0.15, 0.2) is 54.0 Å². The van der Waals surface area contributed by atoms with Gasteiger partial charge in [0.25, 0.3) is 0 Å². The second-order valence-electron chi connectivity index (χ2n) is 9.02. The number of hydrogen-bond donors (Lipinski definition) is 1. The first-order valence-electron chi connectivity index (χ1n) is 11.0. The predicted octanol–water partition coefficient (Wildman–Crippen LogP) is 6.74. The minimum atomic E-state index is 1.03. The number of hydrogen-bond acceptors (Lipinski definition) is 2. The number of fused-ring (bicyclic) bond motifs is 4. The quantitative estimate of drug-likeness (QED) is 0.333. The van der Waals surface area contributed by atoms with Crippen LogP contribution in [0.2, 0.25) is 0 Å². The largest absolute Gasteiger partial charge is 0.358 e. The van der Waals surface area contributed by atoms with Crippen molar-refractivity contribution in [3.05, 3.63) is 70.9 Å². The molecule has 0 saturated heterocycles. The van der Waals surface area contributed by atoms with Gasteiger partial charge >= 0.3 is 0 Å². The molecule has 156 valence electrons. The molecule has 0 radical (unpaired) electrons. The fourth-order valence-electron chi connectivity index (χ4n) is 5.18. The van der Waals surface area contributed by atoms with Crippen LogP contribution in [0.5, 0.6) is 0 Å². The van der Waals surface area contributed by atoms with Gasteiger partial charge in [-0.25, -0.2) is 0 Å². The molecular formula is C27H27N3S. The van der Waals surface area contributed by atoms with E-state index in [1.165, 1.54) is 73.2 Å². The van der Waals surface area contributed by atoms with Gasteiger partial charge in [0.05, 0.1) is 5.52 Å². The molecule has 1 aliphatic heterocycles. The molecule has 0 amide bonds. The van der Waals surface area contributed by atoms with Gasteiger partial charge in [-0.1, -0.05) is 12.1 Å². The molecular weight excluding hydrogens is 398 g/mol. The highest BCUT2D eigenvalue weighted by Gasteiger charge is 2.21. The summed E-state index contributed by atoms with van der Waals surface area (Å²) in [6.45, 7) is 4.42. The fraction of sp³-hybridized carbons (Fsp3) is 0.259. The normalized spacial score (nSPS) is 14.9. The molecule has 0 saturated carbocycles. The van der Waals surface area contributed by atoms with Crippen molar-refractivity contribution in [2.24, 2.45) is 7.05 Å². The third-order valence-electron chi connectivity index (χ3n) is 6.75. The van der Waals surface area contributed by atoms with Crippen LogP contribution in [0.3, 0.4) is 0 Å². The molecule has 3 aromatic heterocycles. The van der Waals surface area contributed by atoms with Gasteiger partial charge in [-0.3, -0.25) is 0 Å². The maximum Gasteiger partial charge on any atom is 0.0539 e. The Kier molecular flexibility index (Phi) is 4.34. The number of aromatic amines is 1. The number of nitrogens with one attached hydrogen (secondary N) is 1. The lowest BCUT2D eigenvalue weighted by Crippen LogP contribution is -2.17. The van der Waals surface area contributed by atoms with Crippen LogP contribution in [-0.4, -0.2) is 28.0 Å². The molecule has 5 aromatic rings. The van der Waals surface area contributed by atoms with Crippen LogP contribution >= 0.6 is 11.3 Å². The minimum absolute atomic E-state index is 1.03. The van der Waals surface area contributed by atoms with E-state index in [0.29, 0.717) is 0 Å². The van der Waals surface area contributed by atoms with Gasteiger partial charge in [-0.2, -0.15) is 0 Å². The summed E-state index contributed by atoms with van der Waals surface area (Å²) in [5.74, 6) is 0. The molecule has 0 bridgehead atoms. The number of thiophene rings is 1. The maximum atomic E-state index is 3.85. The van der Waals surface area contributed by atoms with Crippen molar-refractivity contribution in [1.82, 2.24) is 14.5 Å². The third kappa shape index (κ3) is 3.05. The monoisotopic (exact) mass is 425 g/mol. The Morgan fingerprint density at radius 2 is 1.90 bits per heavy atom. The lowest BCUT2D eigenvalue weighted by Gasteiger charge is -2.13. The molecule has 0 spiro atoms. The molecule has 4 heterocycles. The number of benzene rings is 2. The van der Waals surface area contributed by atoms with E-state index in [1.54, 1.807) is 0 Å². The highest BCUT2D eigenvalue weighted by Crippen LogP contribution is 2.42. The van der Waals surface area contributed by atoms with E-state index in [0.717, 1.165) is 13.0 Å². The van der Waals surface area contributed by atoms with E-state index in [-0.39, 0.29) is 0 Å². The summed E-state index contributed by atoms with van der Waals surface area (Å²) in [6, 6.07) is 16.0. The lowest BCUT2D eigenvalue weighted by molar-refractivity contribution is 0.333. The number of aromatic nitrogens is 2. The van der Waals surface area contributed by atoms with Crippen molar-refractivity contribution >= 4 is 33.1 Å². The summed E-state index contributed by atoms with van der Waals surface area (Å²) >= 11 is 1.84. The van der Waals surface area contributed by atoms with Crippen LogP contribution in [0, 0.1) is 6.92 Å². The van der Waals surface area contributed by atoms with Crippen molar-refractivity contribution in [3.8, 4) is 21.6 Å². The molecule has 3 nitrogen and oxygen atoms in total. The smallest absolute Gasteiger partial charge is 0.0539 e. The maximum absolute atomic E-state index is 3.85. The number of aryl methyl sites for hydroxylation is 3. The Morgan fingerprint density at radius 3 is 2.81 bits per heavy atom. The Balaban J connectivity index is 1.56. The molecule has 6 rings (SSSR count). The molecule has 0 unspecified atom stereocenters. The summed E-state index contributed by atoms with van der Waals surface area (Å²) < 4.78 is 2.20. The van der Waals surface area contributed by atoms with E-state index in [9.17, 15) is 0 Å². The summed E-state index contributed by atoms with van der Waals surface area (Å²) in [5.41, 5.74) is 10.8. The van der Waals surface area contributed by atoms with Gasteiger partial charge in [0.15, 0.2) is 0 Å². The average Bonchev–Trinajstić information content (AvgIpc) is 3.43. The molecule has 1 N–H and O–H groups in total. The predicted molar refractivity (Wildman–Crippen MR) is 133 cm³/mol. The molecule has 4 heteroatoms. The molecule has 0 atom stereocenters. The zero-order valence-electron chi connectivity index (χ0n) is 18.3. The Hall–Kier alpha value is -2.82. The zero-order chi connectivity index (χ0) is 21.1. The van der Waals surface area contributed by atoms with Gasteiger partial charge in [-0.15, -0.1) is 11.3 Å². The van der Waals surface area contributed by atoms with E-state index in [1.807, 2.05) is 11.3 Å². The van der Waals surface area contributed by atoms with E-state index >= 15 is 0 Å². The van der Waals surface area contributed by atoms with E-state index in [2.05, 4.69) is 89.5 Å². The Bertz CT molecular complexity index is 1430. The van der Waals surface area contributed by atoms with Gasteiger partial charge < -0.3 is 14.5 Å². The van der Waals surface area contributed by atoms with Gasteiger partial charge in [-0.05, 0) is 91.1 Å². The van der Waals surface area contributed by atoms with E-state index in [4.69, 9.17) is 0 Å². The molecule has 2 aromatic carbocycles. The minimum Gasteiger partial charge on any atom is -0.358 e. The number of H-pyrrole nitrogens is 1. The highest BCUT2D eigenvalue weighted by atomic mass is 32.1. The van der Waals surface area contributed by atoms with Crippen molar-refractivity contribution in [1.29, 1.82) is 0 Å². The summed E-state index contributed by atoms with van der Waals surface area (Å²) in [7, 11) is 4.36. The zero-order valence-corrected chi connectivity index (χ0v) is 19.1. The first-order valence-corrected chi connectivity index (χ1v) is 11.9. The first-order chi connectivity index (χ1) is 15.1. The van der Waals surface area contributed by atoms with Crippen molar-refractivity contribution in [3.63, 3.8) is 0 Å². The van der Waals surface area contributed by atoms with Crippen LogP contribution < -0.4 is 0 Å². The highest BCUT2D eigenvalue weighted by molar-refractivity contribution is 7.14. The number of nitrogens with zero attached hydrogens (tertiary/aromatic N) is 2. The van der Waals surface area contributed by atoms with Gasteiger partial charge in [0.1, 0.15) is 0 Å². The van der Waals surface area contributed by atoms with Gasteiger partial charge in [0, 0.05) is 52.4 Å². The van der Waals surface area contributed by atoms with Crippen molar-refractivity contribution < 1.29 is 0 Å². The third-order valence-corrected chi connectivity index (χ3v) is 7.71. The first kappa shape index (κ1) is 18.9. The van der Waals surface area contributed by atoms with Crippen LogP contribution in [0.4, 0.5) is 0 Å². The molecule has 1 aliphatic rings. The second kappa shape index (κ2) is 7.11. The molecule has 0 aliphatic carbocycles.